The summed E-state index contributed by atoms with van der Waals surface area (Å²) in [6.45, 7) is 1.86. The Labute approximate surface area is 83.7 Å². The van der Waals surface area contributed by atoms with Crippen LogP contribution >= 0.6 is 15.9 Å². The molecule has 0 fully saturated rings. The van der Waals surface area contributed by atoms with E-state index in [1.54, 1.807) is 4.68 Å². The summed E-state index contributed by atoms with van der Waals surface area (Å²) < 4.78 is 2.70. The van der Waals surface area contributed by atoms with Crippen LogP contribution in [0, 0.1) is 6.92 Å². The van der Waals surface area contributed by atoms with Crippen LogP contribution in [0.3, 0.4) is 0 Å². The average Bonchev–Trinajstić information content (AvgIpc) is 2.51. The zero-order valence-electron chi connectivity index (χ0n) is 6.98. The first kappa shape index (κ1) is 8.37. The van der Waals surface area contributed by atoms with Crippen LogP contribution in [-0.2, 0) is 0 Å². The Morgan fingerprint density at radius 2 is 2.23 bits per heavy atom. The molecule has 66 valence electrons. The fourth-order valence-electron chi connectivity index (χ4n) is 1.08. The van der Waals surface area contributed by atoms with E-state index in [-0.39, 0.29) is 0 Å². The van der Waals surface area contributed by atoms with Gasteiger partial charge in [-0.1, -0.05) is 22.0 Å². The maximum atomic E-state index is 3.86. The minimum Gasteiger partial charge on any atom is -0.198 e. The molecule has 0 radical (unpaired) electrons. The van der Waals surface area contributed by atoms with E-state index in [1.807, 2.05) is 31.2 Å². The molecule has 0 aliphatic carbocycles. The van der Waals surface area contributed by atoms with Gasteiger partial charge in [0.1, 0.15) is 0 Å². The monoisotopic (exact) mass is 238 g/mol. The van der Waals surface area contributed by atoms with E-state index in [4.69, 9.17) is 0 Å². The van der Waals surface area contributed by atoms with E-state index in [0.717, 1.165) is 16.0 Å². The number of rotatable bonds is 1. The number of benzene rings is 1. The molecule has 2 aromatic rings. The molecule has 13 heavy (non-hydrogen) atoms. The van der Waals surface area contributed by atoms with E-state index in [9.17, 15) is 0 Å². The summed E-state index contributed by atoms with van der Waals surface area (Å²) in [6, 6.07) is 7.82. The summed E-state index contributed by atoms with van der Waals surface area (Å²) in [5.74, 6) is 0.776. The molecule has 4 nitrogen and oxygen atoms in total. The van der Waals surface area contributed by atoms with Gasteiger partial charge < -0.3 is 0 Å². The first-order valence-electron chi connectivity index (χ1n) is 3.78. The summed E-state index contributed by atoms with van der Waals surface area (Å²) in [6.07, 6.45) is 0. The van der Waals surface area contributed by atoms with Crippen molar-refractivity contribution in [3.05, 3.63) is 34.6 Å². The summed E-state index contributed by atoms with van der Waals surface area (Å²) in [4.78, 5) is 0. The molecule has 0 unspecified atom stereocenters. The van der Waals surface area contributed by atoms with Gasteiger partial charge in [0, 0.05) is 4.47 Å². The number of aryl methyl sites for hydroxylation is 1. The van der Waals surface area contributed by atoms with Crippen LogP contribution in [0.4, 0.5) is 0 Å². The number of hydrogen-bond acceptors (Lipinski definition) is 3. The molecule has 1 aromatic carbocycles. The fraction of sp³-hybridized carbons (Fsp3) is 0.125. The second-order valence-electron chi connectivity index (χ2n) is 2.62. The van der Waals surface area contributed by atoms with Crippen LogP contribution in [0.1, 0.15) is 5.82 Å². The fourth-order valence-corrected chi connectivity index (χ4v) is 1.47. The van der Waals surface area contributed by atoms with Crippen LogP contribution in [0.25, 0.3) is 5.69 Å². The second-order valence-corrected chi connectivity index (χ2v) is 3.53. The van der Waals surface area contributed by atoms with Gasteiger partial charge in [0.25, 0.3) is 0 Å². The first-order valence-corrected chi connectivity index (χ1v) is 4.57. The number of hydrogen-bond donors (Lipinski definition) is 0. The predicted octanol–water partition coefficient (Wildman–Crippen LogP) is 1.73. The van der Waals surface area contributed by atoms with Crippen molar-refractivity contribution in [1.29, 1.82) is 0 Å². The first-order chi connectivity index (χ1) is 6.27. The minimum atomic E-state index is 0.776. The number of tetrazole rings is 1. The second kappa shape index (κ2) is 3.26. The minimum absolute atomic E-state index is 0.776. The zero-order valence-corrected chi connectivity index (χ0v) is 8.56. The van der Waals surface area contributed by atoms with Crippen molar-refractivity contribution in [3.63, 3.8) is 0 Å². The van der Waals surface area contributed by atoms with Crippen molar-refractivity contribution in [1.82, 2.24) is 20.2 Å². The Kier molecular flexibility index (Phi) is 2.10. The molecule has 0 spiro atoms. The van der Waals surface area contributed by atoms with Crippen LogP contribution < -0.4 is 0 Å². The zero-order chi connectivity index (χ0) is 9.26. The largest absolute Gasteiger partial charge is 0.198 e. The van der Waals surface area contributed by atoms with Gasteiger partial charge in [-0.05, 0) is 35.5 Å². The van der Waals surface area contributed by atoms with Gasteiger partial charge in [0.2, 0.25) is 0 Å². The van der Waals surface area contributed by atoms with Crippen LogP contribution in [-0.4, -0.2) is 20.2 Å². The van der Waals surface area contributed by atoms with Gasteiger partial charge in [0.15, 0.2) is 5.82 Å². The van der Waals surface area contributed by atoms with Crippen molar-refractivity contribution in [2.75, 3.05) is 0 Å². The maximum absolute atomic E-state index is 3.86. The van der Waals surface area contributed by atoms with Gasteiger partial charge in [-0.15, -0.1) is 5.10 Å². The molecular weight excluding hydrogens is 232 g/mol. The lowest BCUT2D eigenvalue weighted by molar-refractivity contribution is 0.779. The van der Waals surface area contributed by atoms with Gasteiger partial charge in [-0.25, -0.2) is 0 Å². The van der Waals surface area contributed by atoms with Gasteiger partial charge in [0.05, 0.1) is 5.69 Å². The normalized spacial score (nSPS) is 10.3. The summed E-state index contributed by atoms with van der Waals surface area (Å²) in [7, 11) is 0. The highest BCUT2D eigenvalue weighted by molar-refractivity contribution is 9.10. The van der Waals surface area contributed by atoms with Crippen molar-refractivity contribution < 1.29 is 0 Å². The topological polar surface area (TPSA) is 43.6 Å². The molecule has 5 heteroatoms. The highest BCUT2D eigenvalue weighted by Gasteiger charge is 2.02. The van der Waals surface area contributed by atoms with E-state index in [0.29, 0.717) is 0 Å². The van der Waals surface area contributed by atoms with Gasteiger partial charge >= 0.3 is 0 Å². The van der Waals surface area contributed by atoms with E-state index >= 15 is 0 Å². The molecule has 0 atom stereocenters. The Morgan fingerprint density at radius 1 is 1.38 bits per heavy atom. The molecule has 0 amide bonds. The lowest BCUT2D eigenvalue weighted by atomic mass is 10.3. The smallest absolute Gasteiger partial charge is 0.153 e. The SMILES string of the molecule is Cc1nnnn1-c1cccc(Br)c1. The Bertz CT molecular complexity index is 424. The molecule has 1 heterocycles. The molecule has 1 aromatic heterocycles. The predicted molar refractivity (Wildman–Crippen MR) is 51.6 cm³/mol. The average molecular weight is 239 g/mol. The molecule has 0 aliphatic heterocycles. The number of aromatic nitrogens is 4. The summed E-state index contributed by atoms with van der Waals surface area (Å²) in [5.41, 5.74) is 0.955. The molecule has 0 N–H and O–H groups in total. The van der Waals surface area contributed by atoms with Crippen LogP contribution in [0.15, 0.2) is 28.7 Å². The van der Waals surface area contributed by atoms with Gasteiger partial charge in [-0.3, -0.25) is 0 Å². The Hall–Kier alpha value is -1.23. The van der Waals surface area contributed by atoms with Crippen molar-refractivity contribution in [2.24, 2.45) is 0 Å². The van der Waals surface area contributed by atoms with Crippen molar-refractivity contribution >= 4 is 15.9 Å². The number of nitrogens with zero attached hydrogens (tertiary/aromatic N) is 4. The molecule has 0 saturated heterocycles. The third kappa shape index (κ3) is 1.60. The van der Waals surface area contributed by atoms with Crippen molar-refractivity contribution in [2.45, 2.75) is 6.92 Å². The summed E-state index contributed by atoms with van der Waals surface area (Å²) >= 11 is 3.39. The summed E-state index contributed by atoms with van der Waals surface area (Å²) in [5, 5.41) is 11.2. The molecule has 2 rings (SSSR count). The highest BCUT2D eigenvalue weighted by Crippen LogP contribution is 2.14. The lowest BCUT2D eigenvalue weighted by Gasteiger charge is -2.00. The maximum Gasteiger partial charge on any atom is 0.153 e. The Morgan fingerprint density at radius 3 is 2.85 bits per heavy atom. The molecule has 0 saturated carbocycles. The van der Waals surface area contributed by atoms with E-state index in [2.05, 4.69) is 31.5 Å². The molecule has 0 aliphatic rings. The van der Waals surface area contributed by atoms with E-state index < -0.39 is 0 Å². The Balaban J connectivity index is 2.53. The third-order valence-electron chi connectivity index (χ3n) is 1.68. The van der Waals surface area contributed by atoms with Crippen molar-refractivity contribution in [3.8, 4) is 5.69 Å². The van der Waals surface area contributed by atoms with Crippen LogP contribution in [0.2, 0.25) is 0 Å². The molecule has 0 bridgehead atoms. The lowest BCUT2D eigenvalue weighted by Crippen LogP contribution is -1.98. The third-order valence-corrected chi connectivity index (χ3v) is 2.17. The van der Waals surface area contributed by atoms with Crippen LogP contribution in [0.5, 0.6) is 0 Å². The highest BCUT2D eigenvalue weighted by atomic mass is 79.9. The van der Waals surface area contributed by atoms with E-state index in [1.165, 1.54) is 0 Å². The quantitative estimate of drug-likeness (QED) is 0.761. The van der Waals surface area contributed by atoms with Gasteiger partial charge in [-0.2, -0.15) is 4.68 Å². The standard InChI is InChI=1S/C8H7BrN4/c1-6-10-11-12-13(6)8-4-2-3-7(9)5-8/h2-5H,1H3. The number of halogens is 1. The molecular formula is C8H7BrN4.